The van der Waals surface area contributed by atoms with E-state index in [1.807, 2.05) is 0 Å². The van der Waals surface area contributed by atoms with Crippen molar-refractivity contribution < 1.29 is 13.2 Å². The second-order valence-electron chi connectivity index (χ2n) is 4.25. The SMILES string of the molecule is Fc1ccc(-c2cnc(-c3c(F)cccc3F)[nH]2)cc1. The maximum absolute atomic E-state index is 13.7. The van der Waals surface area contributed by atoms with Crippen molar-refractivity contribution >= 4 is 0 Å². The Kier molecular flexibility index (Phi) is 3.02. The standard InChI is InChI=1S/C15H9F3N2/c16-10-6-4-9(5-7-10)13-8-19-15(20-13)14-11(17)2-1-3-12(14)18/h1-8H,(H,19,20). The molecule has 3 aromatic rings. The molecule has 0 atom stereocenters. The number of imidazole rings is 1. The normalized spacial score (nSPS) is 10.8. The number of hydrogen-bond donors (Lipinski definition) is 1. The van der Waals surface area contributed by atoms with E-state index in [9.17, 15) is 13.2 Å². The van der Waals surface area contributed by atoms with Crippen molar-refractivity contribution in [2.24, 2.45) is 0 Å². The second kappa shape index (κ2) is 4.85. The highest BCUT2D eigenvalue weighted by atomic mass is 19.1. The van der Waals surface area contributed by atoms with Crippen LogP contribution in [0.5, 0.6) is 0 Å². The number of H-pyrrole nitrogens is 1. The van der Waals surface area contributed by atoms with Gasteiger partial charge < -0.3 is 4.98 Å². The monoisotopic (exact) mass is 274 g/mol. The predicted octanol–water partition coefficient (Wildman–Crippen LogP) is 4.16. The van der Waals surface area contributed by atoms with Crippen LogP contribution in [0, 0.1) is 17.5 Å². The molecular formula is C15H9F3N2. The molecule has 0 amide bonds. The Bertz CT molecular complexity index is 728. The van der Waals surface area contributed by atoms with Gasteiger partial charge in [0.2, 0.25) is 0 Å². The number of benzene rings is 2. The minimum absolute atomic E-state index is 0.0972. The third kappa shape index (κ3) is 2.18. The first-order valence-electron chi connectivity index (χ1n) is 5.90. The van der Waals surface area contributed by atoms with E-state index in [4.69, 9.17) is 0 Å². The van der Waals surface area contributed by atoms with E-state index in [1.54, 1.807) is 12.1 Å². The highest BCUT2D eigenvalue weighted by molar-refractivity contribution is 5.65. The number of nitrogens with zero attached hydrogens (tertiary/aromatic N) is 1. The van der Waals surface area contributed by atoms with Crippen LogP contribution in [0.25, 0.3) is 22.6 Å². The van der Waals surface area contributed by atoms with Gasteiger partial charge in [-0.2, -0.15) is 0 Å². The van der Waals surface area contributed by atoms with Gasteiger partial charge in [0.1, 0.15) is 23.3 Å². The molecular weight excluding hydrogens is 265 g/mol. The van der Waals surface area contributed by atoms with E-state index in [-0.39, 0.29) is 17.2 Å². The summed E-state index contributed by atoms with van der Waals surface area (Å²) < 4.78 is 40.2. The van der Waals surface area contributed by atoms with Gasteiger partial charge in [-0.05, 0) is 42.0 Å². The molecule has 1 heterocycles. The van der Waals surface area contributed by atoms with Crippen LogP contribution < -0.4 is 0 Å². The average molecular weight is 274 g/mol. The minimum atomic E-state index is -0.690. The fourth-order valence-corrected chi connectivity index (χ4v) is 1.95. The summed E-state index contributed by atoms with van der Waals surface area (Å²) in [6.45, 7) is 0. The second-order valence-corrected chi connectivity index (χ2v) is 4.25. The van der Waals surface area contributed by atoms with Gasteiger partial charge in [-0.15, -0.1) is 0 Å². The molecule has 0 saturated carbocycles. The molecule has 0 aliphatic carbocycles. The van der Waals surface area contributed by atoms with Gasteiger partial charge in [0.15, 0.2) is 0 Å². The van der Waals surface area contributed by atoms with E-state index in [1.165, 1.54) is 36.5 Å². The van der Waals surface area contributed by atoms with Crippen molar-refractivity contribution in [2.75, 3.05) is 0 Å². The van der Waals surface area contributed by atoms with Crippen molar-refractivity contribution in [3.63, 3.8) is 0 Å². The lowest BCUT2D eigenvalue weighted by atomic mass is 10.1. The Labute approximate surface area is 112 Å². The summed E-state index contributed by atoms with van der Waals surface area (Å²) in [5, 5.41) is 0. The average Bonchev–Trinajstić information content (AvgIpc) is 2.89. The van der Waals surface area contributed by atoms with E-state index >= 15 is 0 Å². The van der Waals surface area contributed by atoms with Gasteiger partial charge in [0.05, 0.1) is 17.5 Å². The molecule has 5 heteroatoms. The van der Waals surface area contributed by atoms with Crippen LogP contribution in [0.3, 0.4) is 0 Å². The molecule has 20 heavy (non-hydrogen) atoms. The molecule has 0 aliphatic rings. The lowest BCUT2D eigenvalue weighted by Gasteiger charge is -2.01. The van der Waals surface area contributed by atoms with E-state index in [0.717, 1.165) is 0 Å². The predicted molar refractivity (Wildman–Crippen MR) is 69.3 cm³/mol. The molecule has 100 valence electrons. The van der Waals surface area contributed by atoms with Gasteiger partial charge in [-0.1, -0.05) is 6.07 Å². The molecule has 0 spiro atoms. The first-order chi connectivity index (χ1) is 9.65. The molecule has 1 N–H and O–H groups in total. The minimum Gasteiger partial charge on any atom is -0.338 e. The largest absolute Gasteiger partial charge is 0.338 e. The first-order valence-corrected chi connectivity index (χ1v) is 5.90. The summed E-state index contributed by atoms with van der Waals surface area (Å²) >= 11 is 0. The van der Waals surface area contributed by atoms with Crippen LogP contribution in [0.15, 0.2) is 48.7 Å². The van der Waals surface area contributed by atoms with Crippen molar-refractivity contribution in [1.82, 2.24) is 9.97 Å². The van der Waals surface area contributed by atoms with Crippen LogP contribution in [-0.2, 0) is 0 Å². The van der Waals surface area contributed by atoms with Gasteiger partial charge in [0.25, 0.3) is 0 Å². The van der Waals surface area contributed by atoms with Gasteiger partial charge in [0, 0.05) is 0 Å². The van der Waals surface area contributed by atoms with Crippen LogP contribution in [0.4, 0.5) is 13.2 Å². The van der Waals surface area contributed by atoms with E-state index in [0.29, 0.717) is 11.3 Å². The summed E-state index contributed by atoms with van der Waals surface area (Å²) in [7, 11) is 0. The first kappa shape index (κ1) is 12.5. The fourth-order valence-electron chi connectivity index (χ4n) is 1.95. The van der Waals surface area contributed by atoms with Crippen LogP contribution in [0.1, 0.15) is 0 Å². The molecule has 0 unspecified atom stereocenters. The van der Waals surface area contributed by atoms with Crippen molar-refractivity contribution in [3.05, 3.63) is 66.1 Å². The Morgan fingerprint density at radius 1 is 0.850 bits per heavy atom. The third-order valence-electron chi connectivity index (χ3n) is 2.93. The molecule has 0 radical (unpaired) electrons. The number of nitrogens with one attached hydrogen (secondary N) is 1. The summed E-state index contributed by atoms with van der Waals surface area (Å²) in [5.74, 6) is -1.64. The molecule has 0 aliphatic heterocycles. The molecule has 0 fully saturated rings. The summed E-state index contributed by atoms with van der Waals surface area (Å²) in [6.07, 6.45) is 1.45. The van der Waals surface area contributed by atoms with Crippen LogP contribution in [-0.4, -0.2) is 9.97 Å². The maximum atomic E-state index is 13.7. The molecule has 3 rings (SSSR count). The molecule has 1 aromatic heterocycles. The van der Waals surface area contributed by atoms with Crippen molar-refractivity contribution in [2.45, 2.75) is 0 Å². The van der Waals surface area contributed by atoms with E-state index in [2.05, 4.69) is 9.97 Å². The number of rotatable bonds is 2. The van der Waals surface area contributed by atoms with E-state index < -0.39 is 11.6 Å². The Morgan fingerprint density at radius 3 is 2.15 bits per heavy atom. The fraction of sp³-hybridized carbons (Fsp3) is 0. The smallest absolute Gasteiger partial charge is 0.143 e. The molecule has 2 aromatic carbocycles. The number of hydrogen-bond acceptors (Lipinski definition) is 1. The third-order valence-corrected chi connectivity index (χ3v) is 2.93. The van der Waals surface area contributed by atoms with Crippen LogP contribution >= 0.6 is 0 Å². The maximum Gasteiger partial charge on any atom is 0.143 e. The summed E-state index contributed by atoms with van der Waals surface area (Å²) in [6, 6.07) is 9.35. The summed E-state index contributed by atoms with van der Waals surface area (Å²) in [4.78, 5) is 6.81. The van der Waals surface area contributed by atoms with Crippen molar-refractivity contribution in [3.8, 4) is 22.6 Å². The number of aromatic amines is 1. The van der Waals surface area contributed by atoms with Gasteiger partial charge in [-0.3, -0.25) is 0 Å². The molecule has 0 bridgehead atoms. The highest BCUT2D eigenvalue weighted by Crippen LogP contribution is 2.26. The number of aromatic nitrogens is 2. The Balaban J connectivity index is 2.04. The topological polar surface area (TPSA) is 28.7 Å². The van der Waals surface area contributed by atoms with Gasteiger partial charge >= 0.3 is 0 Å². The Morgan fingerprint density at radius 2 is 1.50 bits per heavy atom. The quantitative estimate of drug-likeness (QED) is 0.746. The molecule has 2 nitrogen and oxygen atoms in total. The summed E-state index contributed by atoms with van der Waals surface area (Å²) in [5.41, 5.74) is 1.03. The zero-order chi connectivity index (χ0) is 14.1. The Hall–Kier alpha value is -2.56. The zero-order valence-electron chi connectivity index (χ0n) is 10.2. The van der Waals surface area contributed by atoms with Crippen molar-refractivity contribution in [1.29, 1.82) is 0 Å². The molecule has 0 saturated heterocycles. The number of halogens is 3. The lowest BCUT2D eigenvalue weighted by Crippen LogP contribution is -1.91. The lowest BCUT2D eigenvalue weighted by molar-refractivity contribution is 0.588. The van der Waals surface area contributed by atoms with Crippen LogP contribution in [0.2, 0.25) is 0 Å². The zero-order valence-corrected chi connectivity index (χ0v) is 10.2. The van der Waals surface area contributed by atoms with Gasteiger partial charge in [-0.25, -0.2) is 18.2 Å². The highest BCUT2D eigenvalue weighted by Gasteiger charge is 2.14.